The average molecular weight is 298 g/mol. The molecule has 0 aliphatic carbocycles. The van der Waals surface area contributed by atoms with Crippen LogP contribution in [0.2, 0.25) is 0 Å². The molecule has 3 nitrogen and oxygen atoms in total. The van der Waals surface area contributed by atoms with Gasteiger partial charge in [0.1, 0.15) is 0 Å². The zero-order chi connectivity index (χ0) is 15.0. The van der Waals surface area contributed by atoms with Gasteiger partial charge in [-0.05, 0) is 27.3 Å². The standard InChI is InChI=1S/C16H31N3S/c1-5-6-7-8-9-10-16(3,12-17)19(4)11-15-14(2)18-13-20-15/h13H,5-12,17H2,1-4H3. The Hall–Kier alpha value is -0.450. The highest BCUT2D eigenvalue weighted by Crippen LogP contribution is 2.24. The Morgan fingerprint density at radius 3 is 2.55 bits per heavy atom. The molecule has 0 spiro atoms. The van der Waals surface area contributed by atoms with Crippen LogP contribution in [0.4, 0.5) is 0 Å². The van der Waals surface area contributed by atoms with Crippen molar-refractivity contribution in [2.24, 2.45) is 5.73 Å². The molecule has 4 heteroatoms. The number of rotatable bonds is 10. The van der Waals surface area contributed by atoms with Gasteiger partial charge >= 0.3 is 0 Å². The molecule has 1 aromatic heterocycles. The van der Waals surface area contributed by atoms with Crippen molar-refractivity contribution in [2.45, 2.75) is 71.4 Å². The Bertz CT molecular complexity index is 378. The predicted octanol–water partition coefficient (Wildman–Crippen LogP) is 3.96. The summed E-state index contributed by atoms with van der Waals surface area (Å²) in [6, 6.07) is 0. The van der Waals surface area contributed by atoms with E-state index in [0.29, 0.717) is 0 Å². The number of nitrogens with two attached hydrogens (primary N) is 1. The molecule has 2 N–H and O–H groups in total. The number of nitrogens with zero attached hydrogens (tertiary/aromatic N) is 2. The molecule has 20 heavy (non-hydrogen) atoms. The number of unbranched alkanes of at least 4 members (excludes halogenated alkanes) is 4. The molecular formula is C16H31N3S. The fraction of sp³-hybridized carbons (Fsp3) is 0.812. The van der Waals surface area contributed by atoms with E-state index in [2.05, 4.69) is 37.7 Å². The number of hydrogen-bond acceptors (Lipinski definition) is 4. The number of hydrogen-bond donors (Lipinski definition) is 1. The molecule has 0 aromatic carbocycles. The average Bonchev–Trinajstić information content (AvgIpc) is 2.83. The van der Waals surface area contributed by atoms with Crippen LogP contribution in [0.3, 0.4) is 0 Å². The van der Waals surface area contributed by atoms with Gasteiger partial charge in [0, 0.05) is 23.5 Å². The lowest BCUT2D eigenvalue weighted by atomic mass is 9.92. The lowest BCUT2D eigenvalue weighted by Gasteiger charge is -2.38. The SMILES string of the molecule is CCCCCCCC(C)(CN)N(C)Cc1scnc1C. The minimum atomic E-state index is 0.0998. The van der Waals surface area contributed by atoms with Crippen molar-refractivity contribution in [3.63, 3.8) is 0 Å². The van der Waals surface area contributed by atoms with E-state index in [4.69, 9.17) is 5.73 Å². The van der Waals surface area contributed by atoms with Crippen molar-refractivity contribution in [3.05, 3.63) is 16.1 Å². The molecule has 1 aromatic rings. The van der Waals surface area contributed by atoms with Gasteiger partial charge < -0.3 is 5.73 Å². The van der Waals surface area contributed by atoms with E-state index in [0.717, 1.165) is 18.8 Å². The van der Waals surface area contributed by atoms with E-state index in [1.165, 1.54) is 43.4 Å². The van der Waals surface area contributed by atoms with E-state index < -0.39 is 0 Å². The normalized spacial score (nSPS) is 14.7. The third-order valence-electron chi connectivity index (χ3n) is 4.41. The summed E-state index contributed by atoms with van der Waals surface area (Å²) in [5, 5.41) is 0. The predicted molar refractivity (Wildman–Crippen MR) is 89.2 cm³/mol. The second-order valence-electron chi connectivity index (χ2n) is 6.08. The van der Waals surface area contributed by atoms with E-state index in [9.17, 15) is 0 Å². The second kappa shape index (κ2) is 8.75. The van der Waals surface area contributed by atoms with Crippen molar-refractivity contribution < 1.29 is 0 Å². The van der Waals surface area contributed by atoms with Crippen molar-refractivity contribution in [1.82, 2.24) is 9.88 Å². The summed E-state index contributed by atoms with van der Waals surface area (Å²) in [7, 11) is 2.19. The van der Waals surface area contributed by atoms with Gasteiger partial charge in [-0.2, -0.15) is 0 Å². The maximum atomic E-state index is 6.06. The molecule has 0 radical (unpaired) electrons. The summed E-state index contributed by atoms with van der Waals surface area (Å²) in [6.07, 6.45) is 7.81. The van der Waals surface area contributed by atoms with Gasteiger partial charge in [-0.25, -0.2) is 4.98 Å². The molecule has 0 fully saturated rings. The van der Waals surface area contributed by atoms with Crippen LogP contribution in [0.15, 0.2) is 5.51 Å². The van der Waals surface area contributed by atoms with Crippen LogP contribution in [0.5, 0.6) is 0 Å². The van der Waals surface area contributed by atoms with Crippen molar-refractivity contribution in [1.29, 1.82) is 0 Å². The first kappa shape index (κ1) is 17.6. The molecule has 1 heterocycles. The van der Waals surface area contributed by atoms with Crippen molar-refractivity contribution in [2.75, 3.05) is 13.6 Å². The molecule has 1 atom stereocenters. The monoisotopic (exact) mass is 297 g/mol. The Morgan fingerprint density at radius 2 is 2.00 bits per heavy atom. The third kappa shape index (κ3) is 5.15. The first-order valence-corrected chi connectivity index (χ1v) is 8.71. The van der Waals surface area contributed by atoms with Gasteiger partial charge in [-0.1, -0.05) is 39.0 Å². The first-order chi connectivity index (χ1) is 9.53. The number of aromatic nitrogens is 1. The van der Waals surface area contributed by atoms with Crippen LogP contribution in [0.1, 0.15) is 62.9 Å². The number of likely N-dealkylation sites (N-methyl/N-ethyl adjacent to an activating group) is 1. The first-order valence-electron chi connectivity index (χ1n) is 7.83. The lowest BCUT2D eigenvalue weighted by Crippen LogP contribution is -2.49. The largest absolute Gasteiger partial charge is 0.329 e. The van der Waals surface area contributed by atoms with E-state index in [1.54, 1.807) is 11.3 Å². The summed E-state index contributed by atoms with van der Waals surface area (Å²) in [4.78, 5) is 8.10. The number of thiazole rings is 1. The van der Waals surface area contributed by atoms with Crippen molar-refractivity contribution >= 4 is 11.3 Å². The fourth-order valence-corrected chi connectivity index (χ4v) is 3.27. The van der Waals surface area contributed by atoms with Crippen LogP contribution < -0.4 is 5.73 Å². The van der Waals surface area contributed by atoms with Crippen molar-refractivity contribution in [3.8, 4) is 0 Å². The Kier molecular flexibility index (Phi) is 7.70. The third-order valence-corrected chi connectivity index (χ3v) is 5.33. The summed E-state index contributed by atoms with van der Waals surface area (Å²) in [5.41, 5.74) is 9.25. The van der Waals surface area contributed by atoms with Crippen LogP contribution in [0, 0.1) is 6.92 Å². The Morgan fingerprint density at radius 1 is 1.30 bits per heavy atom. The number of aryl methyl sites for hydroxylation is 1. The van der Waals surface area contributed by atoms with E-state index in [-0.39, 0.29) is 5.54 Å². The van der Waals surface area contributed by atoms with Gasteiger partial charge in [0.05, 0.1) is 11.2 Å². The maximum absolute atomic E-state index is 6.06. The van der Waals surface area contributed by atoms with Crippen LogP contribution in [-0.2, 0) is 6.54 Å². The summed E-state index contributed by atoms with van der Waals surface area (Å²) >= 11 is 1.75. The molecule has 0 saturated heterocycles. The maximum Gasteiger partial charge on any atom is 0.0798 e. The molecule has 116 valence electrons. The molecule has 1 rings (SSSR count). The fourth-order valence-electron chi connectivity index (χ4n) is 2.44. The van der Waals surface area contributed by atoms with Gasteiger partial charge in [0.25, 0.3) is 0 Å². The van der Waals surface area contributed by atoms with E-state index in [1.807, 2.05) is 5.51 Å². The van der Waals surface area contributed by atoms with Gasteiger partial charge in [0.2, 0.25) is 0 Å². The van der Waals surface area contributed by atoms with Crippen LogP contribution in [-0.4, -0.2) is 29.0 Å². The quantitative estimate of drug-likeness (QED) is 0.665. The highest BCUT2D eigenvalue weighted by Gasteiger charge is 2.27. The molecule has 1 unspecified atom stereocenters. The molecule has 0 bridgehead atoms. The lowest BCUT2D eigenvalue weighted by molar-refractivity contribution is 0.123. The van der Waals surface area contributed by atoms with E-state index >= 15 is 0 Å². The van der Waals surface area contributed by atoms with Gasteiger partial charge in [0.15, 0.2) is 0 Å². The zero-order valence-electron chi connectivity index (χ0n) is 13.6. The smallest absolute Gasteiger partial charge is 0.0798 e. The Balaban J connectivity index is 2.47. The van der Waals surface area contributed by atoms with Gasteiger partial charge in [-0.3, -0.25) is 4.90 Å². The highest BCUT2D eigenvalue weighted by atomic mass is 32.1. The summed E-state index contributed by atoms with van der Waals surface area (Å²) in [5.74, 6) is 0. The molecule has 0 saturated carbocycles. The minimum absolute atomic E-state index is 0.0998. The topological polar surface area (TPSA) is 42.1 Å². The summed E-state index contributed by atoms with van der Waals surface area (Å²) < 4.78 is 0. The molecule has 0 amide bonds. The van der Waals surface area contributed by atoms with Gasteiger partial charge in [-0.15, -0.1) is 11.3 Å². The molecular weight excluding hydrogens is 266 g/mol. The minimum Gasteiger partial charge on any atom is -0.329 e. The van der Waals surface area contributed by atoms with Crippen LogP contribution >= 0.6 is 11.3 Å². The molecule has 0 aliphatic rings. The Labute approximate surface area is 128 Å². The molecule has 0 aliphatic heterocycles. The zero-order valence-corrected chi connectivity index (χ0v) is 14.4. The second-order valence-corrected chi connectivity index (χ2v) is 7.02. The highest BCUT2D eigenvalue weighted by molar-refractivity contribution is 7.09. The van der Waals surface area contributed by atoms with Crippen LogP contribution in [0.25, 0.3) is 0 Å². The summed E-state index contributed by atoms with van der Waals surface area (Å²) in [6.45, 7) is 8.32.